The predicted molar refractivity (Wildman–Crippen MR) is 58.3 cm³/mol. The molecule has 0 amide bonds. The second-order valence-corrected chi connectivity index (χ2v) is 4.34. The third-order valence-electron chi connectivity index (χ3n) is 2.52. The molecule has 0 aromatic rings. The summed E-state index contributed by atoms with van der Waals surface area (Å²) in [4.78, 5) is 2.18. The average Bonchev–Trinajstić information content (AvgIpc) is 2.13. The van der Waals surface area contributed by atoms with Gasteiger partial charge in [0.25, 0.3) is 0 Å². The van der Waals surface area contributed by atoms with Gasteiger partial charge in [0.2, 0.25) is 0 Å². The summed E-state index contributed by atoms with van der Waals surface area (Å²) in [6, 6.07) is 0.354. The van der Waals surface area contributed by atoms with Gasteiger partial charge in [-0.05, 0) is 27.3 Å². The molecule has 0 aliphatic heterocycles. The molecule has 0 aromatic heterocycles. The van der Waals surface area contributed by atoms with Crippen LogP contribution in [0.5, 0.6) is 0 Å². The maximum Gasteiger partial charge on any atom is 0.0609 e. The number of hydrogen-bond acceptors (Lipinski definition) is 4. The monoisotopic (exact) mass is 204 g/mol. The molecule has 0 bridgehead atoms. The van der Waals surface area contributed by atoms with Crippen molar-refractivity contribution in [3.05, 3.63) is 0 Å². The van der Waals surface area contributed by atoms with Gasteiger partial charge in [-0.25, -0.2) is 0 Å². The highest BCUT2D eigenvalue weighted by Crippen LogP contribution is 2.11. The summed E-state index contributed by atoms with van der Waals surface area (Å²) in [5, 5.41) is 9.03. The van der Waals surface area contributed by atoms with Gasteiger partial charge in [-0.3, -0.25) is 0 Å². The zero-order valence-electron chi connectivity index (χ0n) is 9.79. The topological polar surface area (TPSA) is 58.7 Å². The number of rotatable bonds is 7. The lowest BCUT2D eigenvalue weighted by molar-refractivity contribution is 0.118. The van der Waals surface area contributed by atoms with Crippen LogP contribution in [0.2, 0.25) is 0 Å². The number of hydrogen-bond donors (Lipinski definition) is 2. The number of aliphatic hydroxyl groups excluding tert-OH is 1. The minimum Gasteiger partial charge on any atom is -0.394 e. The summed E-state index contributed by atoms with van der Waals surface area (Å²) in [7, 11) is 3.73. The first-order valence-electron chi connectivity index (χ1n) is 5.02. The fraction of sp³-hybridized carbons (Fsp3) is 1.00. The largest absolute Gasteiger partial charge is 0.394 e. The molecule has 0 rings (SSSR count). The summed E-state index contributed by atoms with van der Waals surface area (Å²) in [5.74, 6) is 0. The maximum atomic E-state index is 9.03. The molecule has 2 atom stereocenters. The zero-order chi connectivity index (χ0) is 11.2. The molecular formula is C10H24N2O2. The van der Waals surface area contributed by atoms with Gasteiger partial charge < -0.3 is 20.5 Å². The van der Waals surface area contributed by atoms with Crippen molar-refractivity contribution in [3.63, 3.8) is 0 Å². The number of methoxy groups -OCH3 is 1. The third kappa shape index (κ3) is 5.54. The van der Waals surface area contributed by atoms with Crippen LogP contribution in [0, 0.1) is 0 Å². The second-order valence-electron chi connectivity index (χ2n) is 4.34. The highest BCUT2D eigenvalue weighted by Gasteiger charge is 2.22. The molecule has 4 heteroatoms. The Kier molecular flexibility index (Phi) is 6.27. The van der Waals surface area contributed by atoms with E-state index in [1.807, 2.05) is 14.0 Å². The van der Waals surface area contributed by atoms with E-state index in [-0.39, 0.29) is 6.61 Å². The van der Waals surface area contributed by atoms with Crippen LogP contribution in [-0.2, 0) is 4.74 Å². The molecule has 3 N–H and O–H groups in total. The summed E-state index contributed by atoms with van der Waals surface area (Å²) < 4.78 is 5.00. The molecule has 4 nitrogen and oxygen atoms in total. The first kappa shape index (κ1) is 13.8. The Bertz CT molecular complexity index is 151. The highest BCUT2D eigenvalue weighted by atomic mass is 16.5. The van der Waals surface area contributed by atoms with E-state index in [0.717, 1.165) is 19.6 Å². The number of nitrogens with two attached hydrogens (primary N) is 1. The van der Waals surface area contributed by atoms with E-state index >= 15 is 0 Å². The molecular weight excluding hydrogens is 180 g/mol. The molecule has 0 saturated heterocycles. The van der Waals surface area contributed by atoms with E-state index in [2.05, 4.69) is 11.8 Å². The van der Waals surface area contributed by atoms with Gasteiger partial charge in [0.15, 0.2) is 0 Å². The zero-order valence-corrected chi connectivity index (χ0v) is 9.79. The smallest absolute Gasteiger partial charge is 0.0609 e. The normalized spacial score (nSPS) is 18.2. The van der Waals surface area contributed by atoms with Crippen LogP contribution in [0.25, 0.3) is 0 Å². The van der Waals surface area contributed by atoms with Crippen molar-refractivity contribution in [1.29, 1.82) is 0 Å². The van der Waals surface area contributed by atoms with Crippen molar-refractivity contribution in [2.75, 3.05) is 33.9 Å². The number of nitrogens with zero attached hydrogens (tertiary/aromatic N) is 1. The minimum absolute atomic E-state index is 0.0233. The first-order valence-corrected chi connectivity index (χ1v) is 5.02. The Labute approximate surface area is 87.0 Å². The molecule has 0 radical (unpaired) electrons. The van der Waals surface area contributed by atoms with E-state index in [0.29, 0.717) is 6.04 Å². The molecule has 0 fully saturated rings. The SMILES string of the molecule is COCCN(C)C(C)CC(C)(N)CO. The van der Waals surface area contributed by atoms with Gasteiger partial charge in [0.1, 0.15) is 0 Å². The Morgan fingerprint density at radius 1 is 1.57 bits per heavy atom. The second kappa shape index (κ2) is 6.35. The van der Waals surface area contributed by atoms with Gasteiger partial charge in [-0.2, -0.15) is 0 Å². The molecule has 0 aromatic carbocycles. The Morgan fingerprint density at radius 3 is 2.57 bits per heavy atom. The van der Waals surface area contributed by atoms with Crippen molar-refractivity contribution >= 4 is 0 Å². The highest BCUT2D eigenvalue weighted by molar-refractivity contribution is 4.82. The summed E-state index contributed by atoms with van der Waals surface area (Å²) in [5.41, 5.74) is 5.39. The maximum absolute atomic E-state index is 9.03. The third-order valence-corrected chi connectivity index (χ3v) is 2.52. The number of likely N-dealkylation sites (N-methyl/N-ethyl adjacent to an activating group) is 1. The molecule has 86 valence electrons. The molecule has 14 heavy (non-hydrogen) atoms. The molecule has 2 unspecified atom stereocenters. The lowest BCUT2D eigenvalue weighted by atomic mass is 9.95. The standard InChI is InChI=1S/C10H24N2O2/c1-9(7-10(2,11)8-13)12(3)5-6-14-4/h9,13H,5-8,11H2,1-4H3. The lowest BCUT2D eigenvalue weighted by Gasteiger charge is -2.31. The van der Waals surface area contributed by atoms with Crippen molar-refractivity contribution in [2.45, 2.75) is 31.8 Å². The first-order chi connectivity index (χ1) is 6.43. The van der Waals surface area contributed by atoms with Crippen LogP contribution in [0.1, 0.15) is 20.3 Å². The van der Waals surface area contributed by atoms with Gasteiger partial charge in [-0.1, -0.05) is 0 Å². The predicted octanol–water partition coefficient (Wildman–Crippen LogP) is 0.0529. The van der Waals surface area contributed by atoms with Gasteiger partial charge in [0.05, 0.1) is 13.2 Å². The minimum atomic E-state index is -0.485. The van der Waals surface area contributed by atoms with E-state index < -0.39 is 5.54 Å². The number of aliphatic hydroxyl groups is 1. The average molecular weight is 204 g/mol. The molecule has 0 aliphatic carbocycles. The van der Waals surface area contributed by atoms with Crippen molar-refractivity contribution in [3.8, 4) is 0 Å². The summed E-state index contributed by atoms with van der Waals surface area (Å²) in [6.45, 7) is 5.61. The van der Waals surface area contributed by atoms with Crippen LogP contribution >= 0.6 is 0 Å². The van der Waals surface area contributed by atoms with Gasteiger partial charge in [-0.15, -0.1) is 0 Å². The van der Waals surface area contributed by atoms with E-state index in [1.54, 1.807) is 7.11 Å². The summed E-state index contributed by atoms with van der Waals surface area (Å²) >= 11 is 0. The van der Waals surface area contributed by atoms with Gasteiger partial charge in [0, 0.05) is 25.2 Å². The Hall–Kier alpha value is -0.160. The van der Waals surface area contributed by atoms with Crippen LogP contribution in [0.15, 0.2) is 0 Å². The van der Waals surface area contributed by atoms with Crippen LogP contribution < -0.4 is 5.73 Å². The van der Waals surface area contributed by atoms with E-state index in [1.165, 1.54) is 0 Å². The fourth-order valence-electron chi connectivity index (χ4n) is 1.35. The van der Waals surface area contributed by atoms with E-state index in [4.69, 9.17) is 15.6 Å². The van der Waals surface area contributed by atoms with E-state index in [9.17, 15) is 0 Å². The Morgan fingerprint density at radius 2 is 2.14 bits per heavy atom. The quantitative estimate of drug-likeness (QED) is 0.615. The fourth-order valence-corrected chi connectivity index (χ4v) is 1.35. The van der Waals surface area contributed by atoms with Crippen molar-refractivity contribution < 1.29 is 9.84 Å². The van der Waals surface area contributed by atoms with Crippen molar-refractivity contribution in [2.24, 2.45) is 5.73 Å². The molecule has 0 aliphatic rings. The lowest BCUT2D eigenvalue weighted by Crippen LogP contribution is -2.46. The number of ether oxygens (including phenoxy) is 1. The van der Waals surface area contributed by atoms with Crippen LogP contribution in [-0.4, -0.2) is 55.5 Å². The van der Waals surface area contributed by atoms with Gasteiger partial charge >= 0.3 is 0 Å². The summed E-state index contributed by atoms with van der Waals surface area (Å²) in [6.07, 6.45) is 0.781. The Balaban J connectivity index is 3.87. The van der Waals surface area contributed by atoms with Crippen molar-refractivity contribution in [1.82, 2.24) is 4.90 Å². The molecule has 0 heterocycles. The molecule has 0 spiro atoms. The molecule has 0 saturated carbocycles. The van der Waals surface area contributed by atoms with Crippen LogP contribution in [0.4, 0.5) is 0 Å². The van der Waals surface area contributed by atoms with Crippen LogP contribution in [0.3, 0.4) is 0 Å².